The van der Waals surface area contributed by atoms with Crippen LogP contribution in [0.25, 0.3) is 0 Å². The molecule has 4 aliphatic carbocycles. The summed E-state index contributed by atoms with van der Waals surface area (Å²) in [5.41, 5.74) is 9.47. The zero-order valence-corrected chi connectivity index (χ0v) is 61.1. The number of aryl methyl sites for hydroxylation is 1. The SMILES string of the molecule is C=C1CCC(N2C(=O)c3cccc(NCC(=O)CCCCCNCCOCCOCCOCCOC4CCN(CC[C@H](CSc5ccccc5)Nc5ccc(S(=O)(=O)NC(=O)c6ccc(N7CCN(CC8=C(C9%10CC(CC)(C9)C%10)CC(C)(C)CC8)CC7)cc6)cc5C)CC4)c3C2=O)C(=O)N1. The molecule has 4 aliphatic heterocycles. The van der Waals surface area contributed by atoms with Gasteiger partial charge in [-0.2, -0.15) is 0 Å². The zero-order valence-electron chi connectivity index (χ0n) is 59.4. The number of ketones is 1. The lowest BCUT2D eigenvalue weighted by Gasteiger charge is -2.73. The van der Waals surface area contributed by atoms with Gasteiger partial charge in [-0.3, -0.25) is 33.8 Å². The van der Waals surface area contributed by atoms with E-state index in [-0.39, 0.29) is 40.5 Å². The second kappa shape index (κ2) is 34.7. The van der Waals surface area contributed by atoms with Crippen LogP contribution in [0.3, 0.4) is 0 Å². The average Bonchev–Trinajstić information content (AvgIpc) is 0.763. The minimum atomic E-state index is -4.15. The van der Waals surface area contributed by atoms with Crippen molar-refractivity contribution in [2.45, 2.75) is 158 Å². The maximum absolute atomic E-state index is 13.8. The van der Waals surface area contributed by atoms with Gasteiger partial charge in [-0.15, -0.1) is 11.8 Å². The number of fused-ring (bicyclic) bond motifs is 1. The number of likely N-dealkylation sites (tertiary alicyclic amines) is 1. The predicted octanol–water partition coefficient (Wildman–Crippen LogP) is 11.0. The first-order valence-corrected chi connectivity index (χ1v) is 39.2. The number of carbonyl (C=O) groups is 5. The number of allylic oxidation sites excluding steroid dienone is 2. The Bertz CT molecular complexity index is 3630. The molecule has 20 nitrogen and oxygen atoms in total. The fourth-order valence-corrected chi connectivity index (χ4v) is 17.9. The van der Waals surface area contributed by atoms with Crippen molar-refractivity contribution in [3.05, 3.63) is 137 Å². The molecule has 1 unspecified atom stereocenters. The summed E-state index contributed by atoms with van der Waals surface area (Å²) in [6.45, 7) is 25.8. The summed E-state index contributed by atoms with van der Waals surface area (Å²) >= 11 is 1.80. The molecule has 542 valence electrons. The third kappa shape index (κ3) is 19.4. The van der Waals surface area contributed by atoms with E-state index in [0.29, 0.717) is 105 Å². The highest BCUT2D eigenvalue weighted by Crippen LogP contribution is 2.79. The number of Topliss-reactive ketones (excluding diaryl/α,β-unsaturated/α-hetero) is 1. The lowest BCUT2D eigenvalue weighted by Crippen LogP contribution is -2.63. The maximum Gasteiger partial charge on any atom is 0.264 e. The molecule has 4 amide bonds. The minimum Gasteiger partial charge on any atom is -0.381 e. The van der Waals surface area contributed by atoms with Crippen LogP contribution in [0.1, 0.15) is 160 Å². The number of sulfonamides is 1. The Morgan fingerprint density at radius 3 is 2.19 bits per heavy atom. The van der Waals surface area contributed by atoms with Crippen molar-refractivity contribution in [1.82, 2.24) is 30.1 Å². The van der Waals surface area contributed by atoms with Crippen LogP contribution in [0.2, 0.25) is 0 Å². The number of carbonyl (C=O) groups excluding carboxylic acids is 5. The largest absolute Gasteiger partial charge is 0.381 e. The van der Waals surface area contributed by atoms with E-state index in [1.54, 1.807) is 59.8 Å². The number of amides is 4. The van der Waals surface area contributed by atoms with Gasteiger partial charge in [0.2, 0.25) is 5.91 Å². The van der Waals surface area contributed by atoms with Gasteiger partial charge < -0.3 is 50.0 Å². The highest BCUT2D eigenvalue weighted by atomic mass is 32.2. The van der Waals surface area contributed by atoms with Crippen molar-refractivity contribution in [3.63, 3.8) is 0 Å². The van der Waals surface area contributed by atoms with Gasteiger partial charge in [-0.1, -0.05) is 75.6 Å². The fourth-order valence-electron chi connectivity index (χ4n) is 15.9. The third-order valence-corrected chi connectivity index (χ3v) is 24.2. The molecule has 3 saturated heterocycles. The van der Waals surface area contributed by atoms with Crippen LogP contribution in [0, 0.1) is 23.2 Å². The number of rotatable bonds is 39. The number of hydrogen-bond acceptors (Lipinski definition) is 18. The molecule has 4 aromatic carbocycles. The maximum atomic E-state index is 13.8. The van der Waals surface area contributed by atoms with Crippen molar-refractivity contribution in [2.24, 2.45) is 16.2 Å². The first-order chi connectivity index (χ1) is 48.3. The molecule has 22 heteroatoms. The van der Waals surface area contributed by atoms with E-state index in [1.807, 2.05) is 36.8 Å². The summed E-state index contributed by atoms with van der Waals surface area (Å²) in [4.78, 5) is 75.2. The molecule has 12 rings (SSSR count). The molecule has 0 aromatic heterocycles. The number of hydrogen-bond donors (Lipinski definition) is 5. The highest BCUT2D eigenvalue weighted by Gasteiger charge is 2.68. The lowest BCUT2D eigenvalue weighted by atomic mass is 9.31. The van der Waals surface area contributed by atoms with Crippen LogP contribution in [0.15, 0.2) is 124 Å². The number of imide groups is 1. The van der Waals surface area contributed by atoms with Crippen LogP contribution in [-0.2, 0) is 38.6 Å². The Morgan fingerprint density at radius 2 is 1.48 bits per heavy atom. The summed E-state index contributed by atoms with van der Waals surface area (Å²) in [6, 6.07) is 26.9. The molecule has 2 bridgehead atoms. The van der Waals surface area contributed by atoms with E-state index in [1.165, 1.54) is 49.8 Å². The molecule has 0 radical (unpaired) electrons. The fraction of sp³-hybridized carbons (Fsp3) is 0.577. The smallest absolute Gasteiger partial charge is 0.264 e. The second-order valence-corrected chi connectivity index (χ2v) is 32.4. The van der Waals surface area contributed by atoms with Gasteiger partial charge in [-0.25, -0.2) is 13.1 Å². The monoisotopic (exact) mass is 1410 g/mol. The van der Waals surface area contributed by atoms with Crippen molar-refractivity contribution >= 4 is 68.3 Å². The summed E-state index contributed by atoms with van der Waals surface area (Å²) in [7, 11) is -4.15. The second-order valence-electron chi connectivity index (χ2n) is 29.6. The van der Waals surface area contributed by atoms with Crippen molar-refractivity contribution < 1.29 is 51.3 Å². The van der Waals surface area contributed by atoms with Crippen LogP contribution >= 0.6 is 11.8 Å². The molecular formula is C78H107N9O11S2. The number of ether oxygens (including phenoxy) is 4. The Hall–Kier alpha value is -6.47. The van der Waals surface area contributed by atoms with E-state index in [9.17, 15) is 32.4 Å². The number of nitrogens with zero attached hydrogens (tertiary/aromatic N) is 4. The quantitative estimate of drug-likeness (QED) is 0.0121. The molecule has 8 aliphatic rings. The molecule has 5 N–H and O–H groups in total. The minimum absolute atomic E-state index is 0.00928. The van der Waals surface area contributed by atoms with Crippen molar-refractivity contribution in [1.29, 1.82) is 0 Å². The van der Waals surface area contributed by atoms with E-state index in [2.05, 4.69) is 92.3 Å². The van der Waals surface area contributed by atoms with Gasteiger partial charge in [0.05, 0.1) is 74.9 Å². The van der Waals surface area contributed by atoms with E-state index >= 15 is 0 Å². The normalized spacial score (nSPS) is 22.1. The molecule has 100 heavy (non-hydrogen) atoms. The van der Waals surface area contributed by atoms with Gasteiger partial charge >= 0.3 is 0 Å². The van der Waals surface area contributed by atoms with E-state index in [0.717, 1.165) is 125 Å². The Labute approximate surface area is 597 Å². The van der Waals surface area contributed by atoms with Crippen molar-refractivity contribution in [3.8, 4) is 0 Å². The number of anilines is 3. The highest BCUT2D eigenvalue weighted by molar-refractivity contribution is 7.99. The number of piperazine rings is 1. The number of benzene rings is 4. The van der Waals surface area contributed by atoms with Crippen LogP contribution in [0.4, 0.5) is 17.1 Å². The Balaban J connectivity index is 0.511. The zero-order chi connectivity index (χ0) is 70.3. The molecule has 0 spiro atoms. The van der Waals surface area contributed by atoms with Gasteiger partial charge in [0.25, 0.3) is 27.7 Å². The summed E-state index contributed by atoms with van der Waals surface area (Å²) in [5, 5.41) is 12.8. The molecule has 4 heterocycles. The molecule has 6 fully saturated rings. The standard InChI is InChI=1S/C78H107N9O11S2/c1-6-77-53-78(54-77,55-77)67-49-76(4,5)31-27-59(67)51-85-37-39-86(40-38-85)61-22-20-58(21-23-61)72(89)83-100(93,94)65-24-25-68(56(2)48-65)82-60(52-99-64-15-10-7-11-16-64)28-34-84-35-29-63(30-36-84)98-47-46-97-45-44-96-43-42-95-41-33-79-32-12-8-9-14-62(88)50-80-69-18-13-17-66-71(69)75(92)87(74(66)91)70-26-19-57(3)81-73(70)90/h7,10-11,13,15-18,20-25,48,60,63,70,79-80,82H,3,6,8-9,12,14,19,26-47,49-55H2,1-2,4-5H3,(H,81,90)(H,83,89)/t60-,70?,77?,78?/m1/s1. The number of thioether (sulfide) groups is 1. The lowest BCUT2D eigenvalue weighted by molar-refractivity contribution is -0.182. The Kier molecular flexibility index (Phi) is 25.9. The number of nitrogens with one attached hydrogen (secondary N) is 5. The predicted molar refractivity (Wildman–Crippen MR) is 394 cm³/mol. The third-order valence-electron chi connectivity index (χ3n) is 21.7. The van der Waals surface area contributed by atoms with Crippen LogP contribution in [0.5, 0.6) is 0 Å². The molecule has 2 atom stereocenters. The number of piperidine rings is 2. The van der Waals surface area contributed by atoms with Gasteiger partial charge in [0.1, 0.15) is 6.04 Å². The summed E-state index contributed by atoms with van der Waals surface area (Å²) in [5.74, 6) is -1.29. The molecule has 3 saturated carbocycles. The first kappa shape index (κ1) is 74.7. The molecular weight excluding hydrogens is 1300 g/mol. The van der Waals surface area contributed by atoms with Gasteiger partial charge in [-0.05, 0) is 185 Å². The van der Waals surface area contributed by atoms with Crippen molar-refractivity contribution in [2.75, 3.05) is 140 Å². The van der Waals surface area contributed by atoms with E-state index < -0.39 is 39.7 Å². The van der Waals surface area contributed by atoms with Crippen LogP contribution in [-0.4, -0.2) is 195 Å². The Morgan fingerprint density at radius 1 is 0.760 bits per heavy atom. The summed E-state index contributed by atoms with van der Waals surface area (Å²) < 4.78 is 53.3. The average molecular weight is 1410 g/mol. The first-order valence-electron chi connectivity index (χ1n) is 36.7. The van der Waals surface area contributed by atoms with Gasteiger partial charge in [0, 0.05) is 110 Å². The van der Waals surface area contributed by atoms with Gasteiger partial charge in [0.15, 0.2) is 5.78 Å². The summed E-state index contributed by atoms with van der Waals surface area (Å²) in [6.07, 6.45) is 16.0. The topological polar surface area (TPSA) is 230 Å². The van der Waals surface area contributed by atoms with Crippen LogP contribution < -0.4 is 30.9 Å². The number of unbranched alkanes of at least 4 members (excludes halogenated alkanes) is 2. The molecule has 4 aromatic rings. The van der Waals surface area contributed by atoms with E-state index in [4.69, 9.17) is 18.9 Å².